The third-order valence-corrected chi connectivity index (χ3v) is 3.83. The van der Waals surface area contributed by atoms with Gasteiger partial charge in [0, 0.05) is 32.0 Å². The van der Waals surface area contributed by atoms with E-state index in [0.717, 1.165) is 12.8 Å². The molecule has 1 aliphatic rings. The van der Waals surface area contributed by atoms with Gasteiger partial charge in [-0.2, -0.15) is 0 Å². The topological polar surface area (TPSA) is 70.2 Å². The van der Waals surface area contributed by atoms with Crippen molar-refractivity contribution < 1.29 is 4.79 Å². The lowest BCUT2D eigenvalue weighted by molar-refractivity contribution is 0.158. The number of carbonyl (C=O) groups excluding carboxylic acids is 1. The highest BCUT2D eigenvalue weighted by Crippen LogP contribution is 2.12. The van der Waals surface area contributed by atoms with Crippen molar-refractivity contribution in [2.75, 3.05) is 25.0 Å². The number of hydrogen-bond acceptors (Lipinski definition) is 4. The fourth-order valence-corrected chi connectivity index (χ4v) is 2.54. The number of urea groups is 1. The van der Waals surface area contributed by atoms with E-state index in [9.17, 15) is 4.79 Å². The van der Waals surface area contributed by atoms with E-state index in [1.807, 2.05) is 18.2 Å². The van der Waals surface area contributed by atoms with Gasteiger partial charge in [-0.15, -0.1) is 0 Å². The number of benzene rings is 1. The SMILES string of the molecule is O=C(NCCCc1ccccc1)N1CC(Nc2ncccn2)C1. The van der Waals surface area contributed by atoms with E-state index in [4.69, 9.17) is 0 Å². The summed E-state index contributed by atoms with van der Waals surface area (Å²) in [6.07, 6.45) is 5.33. The minimum atomic E-state index is 0.00471. The molecule has 1 aliphatic heterocycles. The summed E-state index contributed by atoms with van der Waals surface area (Å²) in [7, 11) is 0. The Bertz CT molecular complexity index is 613. The van der Waals surface area contributed by atoms with Crippen LogP contribution in [-0.4, -0.2) is 46.6 Å². The van der Waals surface area contributed by atoms with Crippen LogP contribution in [0.1, 0.15) is 12.0 Å². The van der Waals surface area contributed by atoms with E-state index in [2.05, 4.69) is 32.7 Å². The lowest BCUT2D eigenvalue weighted by Gasteiger charge is -2.39. The quantitative estimate of drug-likeness (QED) is 0.800. The molecule has 2 heterocycles. The fraction of sp³-hybridized carbons (Fsp3) is 0.353. The predicted octanol–water partition coefficient (Wildman–Crippen LogP) is 1.92. The number of amides is 2. The molecule has 2 aromatic rings. The Morgan fingerprint density at radius 1 is 1.13 bits per heavy atom. The molecule has 0 radical (unpaired) electrons. The van der Waals surface area contributed by atoms with Crippen molar-refractivity contribution in [3.8, 4) is 0 Å². The van der Waals surface area contributed by atoms with Crippen LogP contribution in [0.25, 0.3) is 0 Å². The normalized spacial score (nSPS) is 14.2. The van der Waals surface area contributed by atoms with Crippen molar-refractivity contribution in [1.29, 1.82) is 0 Å². The molecule has 0 aliphatic carbocycles. The fourth-order valence-electron chi connectivity index (χ4n) is 2.54. The van der Waals surface area contributed by atoms with Crippen LogP contribution < -0.4 is 10.6 Å². The second-order valence-electron chi connectivity index (χ2n) is 5.64. The summed E-state index contributed by atoms with van der Waals surface area (Å²) in [6.45, 7) is 2.07. The van der Waals surface area contributed by atoms with Gasteiger partial charge in [0.1, 0.15) is 0 Å². The second-order valence-corrected chi connectivity index (χ2v) is 5.64. The maximum Gasteiger partial charge on any atom is 0.317 e. The van der Waals surface area contributed by atoms with E-state index in [-0.39, 0.29) is 12.1 Å². The number of nitrogens with one attached hydrogen (secondary N) is 2. The van der Waals surface area contributed by atoms with E-state index >= 15 is 0 Å². The standard InChI is InChI=1S/C17H21N5O/c23-17(20-9-4-8-14-6-2-1-3-7-14)22-12-15(13-22)21-16-18-10-5-11-19-16/h1-3,5-7,10-11,15H,4,8-9,12-13H2,(H,20,23)(H,18,19,21). The smallest absolute Gasteiger partial charge is 0.317 e. The summed E-state index contributed by atoms with van der Waals surface area (Å²) in [5, 5.41) is 6.18. The van der Waals surface area contributed by atoms with Crippen LogP contribution in [0.5, 0.6) is 0 Å². The monoisotopic (exact) mass is 311 g/mol. The largest absolute Gasteiger partial charge is 0.348 e. The average molecular weight is 311 g/mol. The van der Waals surface area contributed by atoms with Gasteiger partial charge in [-0.25, -0.2) is 14.8 Å². The van der Waals surface area contributed by atoms with Crippen LogP contribution in [0.4, 0.5) is 10.7 Å². The number of likely N-dealkylation sites (tertiary alicyclic amines) is 1. The average Bonchev–Trinajstić information content (AvgIpc) is 2.56. The van der Waals surface area contributed by atoms with Crippen LogP contribution in [0, 0.1) is 0 Å². The number of nitrogens with zero attached hydrogens (tertiary/aromatic N) is 3. The molecule has 120 valence electrons. The van der Waals surface area contributed by atoms with Gasteiger partial charge in [-0.1, -0.05) is 30.3 Å². The molecule has 3 rings (SSSR count). The van der Waals surface area contributed by atoms with Crippen LogP contribution in [0.15, 0.2) is 48.8 Å². The van der Waals surface area contributed by atoms with Crippen LogP contribution in [0.3, 0.4) is 0 Å². The molecule has 1 fully saturated rings. The van der Waals surface area contributed by atoms with Crippen molar-refractivity contribution >= 4 is 12.0 Å². The molecule has 23 heavy (non-hydrogen) atoms. The van der Waals surface area contributed by atoms with Crippen LogP contribution in [0.2, 0.25) is 0 Å². The molecule has 0 spiro atoms. The predicted molar refractivity (Wildman–Crippen MR) is 89.2 cm³/mol. The van der Waals surface area contributed by atoms with Gasteiger partial charge >= 0.3 is 6.03 Å². The molecule has 2 amide bonds. The van der Waals surface area contributed by atoms with Crippen molar-refractivity contribution in [2.45, 2.75) is 18.9 Å². The number of rotatable bonds is 6. The lowest BCUT2D eigenvalue weighted by Crippen LogP contribution is -2.59. The molecule has 1 aromatic carbocycles. The summed E-state index contributed by atoms with van der Waals surface area (Å²) in [4.78, 5) is 22.0. The Hall–Kier alpha value is -2.63. The summed E-state index contributed by atoms with van der Waals surface area (Å²) in [5.74, 6) is 0.611. The lowest BCUT2D eigenvalue weighted by atomic mass is 10.1. The van der Waals surface area contributed by atoms with Gasteiger partial charge in [-0.3, -0.25) is 0 Å². The summed E-state index contributed by atoms with van der Waals surface area (Å²) in [6, 6.07) is 12.3. The summed E-state index contributed by atoms with van der Waals surface area (Å²) in [5.41, 5.74) is 1.30. The van der Waals surface area contributed by atoms with Gasteiger partial charge in [-0.05, 0) is 24.5 Å². The summed E-state index contributed by atoms with van der Waals surface area (Å²) < 4.78 is 0. The Kier molecular flexibility index (Phi) is 5.03. The van der Waals surface area contributed by atoms with E-state index < -0.39 is 0 Å². The number of anilines is 1. The molecule has 6 nitrogen and oxygen atoms in total. The molecular formula is C17H21N5O. The van der Waals surface area contributed by atoms with E-state index in [1.54, 1.807) is 23.4 Å². The highest BCUT2D eigenvalue weighted by molar-refractivity contribution is 5.75. The zero-order chi connectivity index (χ0) is 15.9. The summed E-state index contributed by atoms with van der Waals surface area (Å²) >= 11 is 0. The van der Waals surface area contributed by atoms with Gasteiger partial charge in [0.15, 0.2) is 0 Å². The second kappa shape index (κ2) is 7.58. The third kappa shape index (κ3) is 4.42. The van der Waals surface area contributed by atoms with E-state index in [1.165, 1.54) is 5.56 Å². The maximum atomic E-state index is 12.0. The van der Waals surface area contributed by atoms with Gasteiger partial charge in [0.05, 0.1) is 6.04 Å². The zero-order valence-corrected chi connectivity index (χ0v) is 13.0. The molecule has 0 saturated carbocycles. The molecule has 2 N–H and O–H groups in total. The minimum Gasteiger partial charge on any atom is -0.348 e. The minimum absolute atomic E-state index is 0.00471. The van der Waals surface area contributed by atoms with Gasteiger partial charge < -0.3 is 15.5 Å². The van der Waals surface area contributed by atoms with Crippen molar-refractivity contribution in [2.24, 2.45) is 0 Å². The number of aromatic nitrogens is 2. The molecular weight excluding hydrogens is 290 g/mol. The molecule has 0 bridgehead atoms. The van der Waals surface area contributed by atoms with Crippen molar-refractivity contribution in [3.05, 3.63) is 54.4 Å². The number of hydrogen-bond donors (Lipinski definition) is 2. The third-order valence-electron chi connectivity index (χ3n) is 3.83. The Labute approximate surface area is 135 Å². The molecule has 0 atom stereocenters. The first-order valence-corrected chi connectivity index (χ1v) is 7.91. The first-order chi connectivity index (χ1) is 11.3. The number of carbonyl (C=O) groups is 1. The molecule has 1 saturated heterocycles. The molecule has 0 unspecified atom stereocenters. The Morgan fingerprint density at radius 2 is 1.87 bits per heavy atom. The van der Waals surface area contributed by atoms with Crippen LogP contribution >= 0.6 is 0 Å². The first-order valence-electron chi connectivity index (χ1n) is 7.91. The zero-order valence-electron chi connectivity index (χ0n) is 13.0. The highest BCUT2D eigenvalue weighted by Gasteiger charge is 2.30. The first kappa shape index (κ1) is 15.3. The molecule has 1 aromatic heterocycles. The van der Waals surface area contributed by atoms with Crippen LogP contribution in [-0.2, 0) is 6.42 Å². The Balaban J connectivity index is 1.30. The van der Waals surface area contributed by atoms with Gasteiger partial charge in [0.2, 0.25) is 5.95 Å². The van der Waals surface area contributed by atoms with Crippen molar-refractivity contribution in [1.82, 2.24) is 20.2 Å². The number of aryl methyl sites for hydroxylation is 1. The maximum absolute atomic E-state index is 12.0. The highest BCUT2D eigenvalue weighted by atomic mass is 16.2. The Morgan fingerprint density at radius 3 is 2.61 bits per heavy atom. The molecule has 6 heteroatoms. The van der Waals surface area contributed by atoms with Gasteiger partial charge in [0.25, 0.3) is 0 Å². The van der Waals surface area contributed by atoms with Crippen molar-refractivity contribution in [3.63, 3.8) is 0 Å². The van der Waals surface area contributed by atoms with E-state index in [0.29, 0.717) is 25.6 Å².